The quantitative estimate of drug-likeness (QED) is 0.873. The number of likely N-dealkylation sites (tertiary alicyclic amines) is 1. The van der Waals surface area contributed by atoms with Crippen molar-refractivity contribution >= 4 is 11.6 Å². The number of amides is 1. The number of para-hydroxylation sites is 1. The third-order valence-electron chi connectivity index (χ3n) is 4.09. The van der Waals surface area contributed by atoms with Crippen molar-refractivity contribution in [1.29, 1.82) is 0 Å². The molecule has 4 nitrogen and oxygen atoms in total. The molecule has 1 aromatic carbocycles. The molecule has 0 bridgehead atoms. The Labute approximate surface area is 127 Å². The lowest BCUT2D eigenvalue weighted by molar-refractivity contribution is -0.119. The zero-order valence-electron chi connectivity index (χ0n) is 13.0. The summed E-state index contributed by atoms with van der Waals surface area (Å²) in [5.74, 6) is 0.688. The van der Waals surface area contributed by atoms with Gasteiger partial charge in [0.1, 0.15) is 0 Å². The molecule has 1 unspecified atom stereocenters. The first-order valence-electron chi connectivity index (χ1n) is 7.82. The second-order valence-corrected chi connectivity index (χ2v) is 6.10. The molecule has 1 fully saturated rings. The predicted octanol–water partition coefficient (Wildman–Crippen LogP) is 2.13. The number of aliphatic hydroxyl groups excluding tert-OH is 1. The van der Waals surface area contributed by atoms with Gasteiger partial charge in [0.25, 0.3) is 0 Å². The molecule has 2 rings (SSSR count). The van der Waals surface area contributed by atoms with Crippen LogP contribution in [-0.4, -0.2) is 48.2 Å². The van der Waals surface area contributed by atoms with E-state index >= 15 is 0 Å². The molecular weight excluding hydrogens is 264 g/mol. The second-order valence-electron chi connectivity index (χ2n) is 6.10. The average Bonchev–Trinajstić information content (AvgIpc) is 2.87. The molecule has 1 aliphatic rings. The van der Waals surface area contributed by atoms with Crippen LogP contribution in [0, 0.1) is 5.92 Å². The minimum Gasteiger partial charge on any atom is -0.396 e. The van der Waals surface area contributed by atoms with E-state index in [0.717, 1.165) is 31.6 Å². The van der Waals surface area contributed by atoms with Crippen molar-refractivity contribution in [1.82, 2.24) is 4.90 Å². The van der Waals surface area contributed by atoms with E-state index in [1.807, 2.05) is 49.1 Å². The van der Waals surface area contributed by atoms with Gasteiger partial charge in [0.05, 0.1) is 6.54 Å². The highest BCUT2D eigenvalue weighted by atomic mass is 16.3. The van der Waals surface area contributed by atoms with Crippen molar-refractivity contribution < 1.29 is 9.90 Å². The summed E-state index contributed by atoms with van der Waals surface area (Å²) in [7, 11) is 0. The third kappa shape index (κ3) is 4.29. The second kappa shape index (κ2) is 7.57. The summed E-state index contributed by atoms with van der Waals surface area (Å²) < 4.78 is 0. The first-order valence-corrected chi connectivity index (χ1v) is 7.82. The van der Waals surface area contributed by atoms with Crippen LogP contribution < -0.4 is 4.90 Å². The normalized spacial score (nSPS) is 19.1. The van der Waals surface area contributed by atoms with Crippen LogP contribution in [0.25, 0.3) is 0 Å². The molecule has 1 saturated heterocycles. The lowest BCUT2D eigenvalue weighted by Gasteiger charge is -2.29. The fraction of sp³-hybridized carbons (Fsp3) is 0.588. The Morgan fingerprint density at radius 2 is 2.10 bits per heavy atom. The lowest BCUT2D eigenvalue weighted by Crippen LogP contribution is -2.43. The largest absolute Gasteiger partial charge is 0.396 e. The smallest absolute Gasteiger partial charge is 0.241 e. The lowest BCUT2D eigenvalue weighted by atomic mass is 10.1. The van der Waals surface area contributed by atoms with E-state index in [4.69, 9.17) is 5.11 Å². The van der Waals surface area contributed by atoms with E-state index in [0.29, 0.717) is 12.5 Å². The zero-order chi connectivity index (χ0) is 15.2. The van der Waals surface area contributed by atoms with Crippen LogP contribution in [0.3, 0.4) is 0 Å². The van der Waals surface area contributed by atoms with E-state index in [-0.39, 0.29) is 18.6 Å². The minimum atomic E-state index is 0.149. The summed E-state index contributed by atoms with van der Waals surface area (Å²) in [4.78, 5) is 16.7. The van der Waals surface area contributed by atoms with Gasteiger partial charge >= 0.3 is 0 Å². The maximum Gasteiger partial charge on any atom is 0.241 e. The first-order chi connectivity index (χ1) is 10.1. The Morgan fingerprint density at radius 3 is 2.71 bits per heavy atom. The van der Waals surface area contributed by atoms with Crippen molar-refractivity contribution in [2.24, 2.45) is 5.92 Å². The van der Waals surface area contributed by atoms with E-state index in [2.05, 4.69) is 4.90 Å². The molecule has 0 spiro atoms. The highest BCUT2D eigenvalue weighted by Crippen LogP contribution is 2.21. The molecule has 1 atom stereocenters. The molecule has 0 aliphatic carbocycles. The van der Waals surface area contributed by atoms with Crippen LogP contribution in [0.2, 0.25) is 0 Å². The SMILES string of the molecule is CC(C)N(C(=O)CN1CCC(CCO)C1)c1ccccc1. The van der Waals surface area contributed by atoms with Crippen molar-refractivity contribution in [3.8, 4) is 0 Å². The van der Waals surface area contributed by atoms with Gasteiger partial charge in [0.2, 0.25) is 5.91 Å². The Balaban J connectivity index is 1.97. The number of carbonyl (C=O) groups excluding carboxylic acids is 1. The number of hydrogen-bond donors (Lipinski definition) is 1. The maximum absolute atomic E-state index is 12.6. The highest BCUT2D eigenvalue weighted by Gasteiger charge is 2.26. The molecule has 1 amide bonds. The number of anilines is 1. The molecule has 0 radical (unpaired) electrons. The maximum atomic E-state index is 12.6. The molecule has 1 aromatic rings. The Morgan fingerprint density at radius 1 is 1.38 bits per heavy atom. The van der Waals surface area contributed by atoms with Crippen LogP contribution in [0.4, 0.5) is 5.69 Å². The molecule has 116 valence electrons. The van der Waals surface area contributed by atoms with Gasteiger partial charge in [-0.2, -0.15) is 0 Å². The summed E-state index contributed by atoms with van der Waals surface area (Å²) in [5, 5.41) is 9.01. The highest BCUT2D eigenvalue weighted by molar-refractivity contribution is 5.95. The van der Waals surface area contributed by atoms with Gasteiger partial charge in [-0.1, -0.05) is 18.2 Å². The summed E-state index contributed by atoms with van der Waals surface area (Å²) in [6.45, 7) is 6.68. The van der Waals surface area contributed by atoms with E-state index in [9.17, 15) is 4.79 Å². The number of benzene rings is 1. The standard InChI is InChI=1S/C17H26N2O2/c1-14(2)19(16-6-4-3-5-7-16)17(21)13-18-10-8-15(12-18)9-11-20/h3-7,14-15,20H,8-13H2,1-2H3. The van der Waals surface area contributed by atoms with Crippen molar-refractivity contribution in [3.05, 3.63) is 30.3 Å². The topological polar surface area (TPSA) is 43.8 Å². The van der Waals surface area contributed by atoms with Crippen LogP contribution in [-0.2, 0) is 4.79 Å². The molecule has 0 aromatic heterocycles. The van der Waals surface area contributed by atoms with Crippen LogP contribution in [0.5, 0.6) is 0 Å². The van der Waals surface area contributed by atoms with E-state index < -0.39 is 0 Å². The van der Waals surface area contributed by atoms with Crippen molar-refractivity contribution in [3.63, 3.8) is 0 Å². The average molecular weight is 290 g/mol. The van der Waals surface area contributed by atoms with Gasteiger partial charge in [-0.15, -0.1) is 0 Å². The van der Waals surface area contributed by atoms with E-state index in [1.165, 1.54) is 0 Å². The fourth-order valence-corrected chi connectivity index (χ4v) is 3.06. The summed E-state index contributed by atoms with van der Waals surface area (Å²) in [6, 6.07) is 10.0. The van der Waals surface area contributed by atoms with Gasteiger partial charge in [-0.05, 0) is 51.3 Å². The zero-order valence-corrected chi connectivity index (χ0v) is 13.0. The van der Waals surface area contributed by atoms with Crippen LogP contribution in [0.15, 0.2) is 30.3 Å². The van der Waals surface area contributed by atoms with Gasteiger partial charge in [-0.3, -0.25) is 9.69 Å². The number of rotatable bonds is 6. The third-order valence-corrected chi connectivity index (χ3v) is 4.09. The number of aliphatic hydroxyl groups is 1. The molecule has 4 heteroatoms. The van der Waals surface area contributed by atoms with Gasteiger partial charge < -0.3 is 10.0 Å². The predicted molar refractivity (Wildman–Crippen MR) is 85.3 cm³/mol. The number of hydrogen-bond acceptors (Lipinski definition) is 3. The molecule has 1 aliphatic heterocycles. The van der Waals surface area contributed by atoms with Crippen molar-refractivity contribution in [2.45, 2.75) is 32.7 Å². The Bertz CT molecular complexity index is 447. The van der Waals surface area contributed by atoms with Crippen molar-refractivity contribution in [2.75, 3.05) is 31.1 Å². The van der Waals surface area contributed by atoms with E-state index in [1.54, 1.807) is 0 Å². The van der Waals surface area contributed by atoms with Crippen LogP contribution in [0.1, 0.15) is 26.7 Å². The summed E-state index contributed by atoms with van der Waals surface area (Å²) in [5.41, 5.74) is 0.962. The Kier molecular flexibility index (Phi) is 5.76. The molecule has 1 heterocycles. The minimum absolute atomic E-state index is 0.149. The van der Waals surface area contributed by atoms with Crippen LogP contribution >= 0.6 is 0 Å². The van der Waals surface area contributed by atoms with Gasteiger partial charge in [0.15, 0.2) is 0 Å². The van der Waals surface area contributed by atoms with Gasteiger partial charge in [0, 0.05) is 24.9 Å². The molecule has 1 N–H and O–H groups in total. The molecule has 21 heavy (non-hydrogen) atoms. The fourth-order valence-electron chi connectivity index (χ4n) is 3.06. The summed E-state index contributed by atoms with van der Waals surface area (Å²) >= 11 is 0. The number of carbonyl (C=O) groups is 1. The monoisotopic (exact) mass is 290 g/mol. The molecular formula is C17H26N2O2. The summed E-state index contributed by atoms with van der Waals surface area (Å²) in [6.07, 6.45) is 1.93. The van der Waals surface area contributed by atoms with Gasteiger partial charge in [-0.25, -0.2) is 0 Å². The number of nitrogens with zero attached hydrogens (tertiary/aromatic N) is 2. The first kappa shape index (κ1) is 16.0. The Hall–Kier alpha value is -1.39. The molecule has 0 saturated carbocycles.